The second-order valence-corrected chi connectivity index (χ2v) is 4.98. The summed E-state index contributed by atoms with van der Waals surface area (Å²) in [4.78, 5) is 3.73. The van der Waals surface area contributed by atoms with Crippen LogP contribution < -0.4 is 5.32 Å². The Balaban J connectivity index is 2.74. The summed E-state index contributed by atoms with van der Waals surface area (Å²) in [6, 6.07) is 4.68. The number of alkyl halides is 3. The normalized spacial score (nSPS) is 11.9. The van der Waals surface area contributed by atoms with Crippen LogP contribution in [0.5, 0.6) is 0 Å². The van der Waals surface area contributed by atoms with Crippen molar-refractivity contribution in [3.8, 4) is 0 Å². The van der Waals surface area contributed by atoms with E-state index in [1.807, 2.05) is 6.92 Å². The monoisotopic (exact) mass is 302 g/mol. The smallest absolute Gasteiger partial charge is 0.384 e. The molecule has 0 aliphatic rings. The number of hydrogen-bond acceptors (Lipinski definition) is 2. The third-order valence-electron chi connectivity index (χ3n) is 3.01. The van der Waals surface area contributed by atoms with Crippen LogP contribution in [-0.4, -0.2) is 11.5 Å². The van der Waals surface area contributed by atoms with Gasteiger partial charge in [-0.05, 0) is 31.5 Å². The molecule has 0 amide bonds. The quantitative estimate of drug-likeness (QED) is 0.859. The standard InChI is InChI=1S/C14H14ClF3N2/c1-3-6-19-12-8(2)13(14(16,17)18)20-11-5-4-9(15)7-10(11)12/h4-5,7H,3,6H2,1-2H3,(H,19,20). The van der Waals surface area contributed by atoms with Crippen LogP contribution in [0.1, 0.15) is 24.6 Å². The molecule has 0 saturated carbocycles. The first kappa shape index (κ1) is 14.9. The van der Waals surface area contributed by atoms with Crippen molar-refractivity contribution in [1.29, 1.82) is 0 Å². The molecule has 2 rings (SSSR count). The lowest BCUT2D eigenvalue weighted by Gasteiger charge is -2.17. The third-order valence-corrected chi connectivity index (χ3v) is 3.25. The van der Waals surface area contributed by atoms with Gasteiger partial charge in [-0.1, -0.05) is 18.5 Å². The predicted molar refractivity (Wildman–Crippen MR) is 75.3 cm³/mol. The summed E-state index contributed by atoms with van der Waals surface area (Å²) >= 11 is 5.93. The van der Waals surface area contributed by atoms with Gasteiger partial charge in [0, 0.05) is 28.2 Å². The molecule has 1 N–H and O–H groups in total. The van der Waals surface area contributed by atoms with E-state index >= 15 is 0 Å². The number of halogens is 4. The zero-order chi connectivity index (χ0) is 14.9. The Bertz CT molecular complexity index is 638. The maximum absolute atomic E-state index is 13.0. The Kier molecular flexibility index (Phi) is 4.09. The minimum absolute atomic E-state index is 0.0979. The molecule has 0 spiro atoms. The van der Waals surface area contributed by atoms with Gasteiger partial charge in [0.2, 0.25) is 0 Å². The molecule has 0 saturated heterocycles. The maximum Gasteiger partial charge on any atom is 0.433 e. The molecule has 2 nitrogen and oxygen atoms in total. The highest BCUT2D eigenvalue weighted by Gasteiger charge is 2.36. The Morgan fingerprint density at radius 2 is 2.00 bits per heavy atom. The van der Waals surface area contributed by atoms with E-state index in [0.29, 0.717) is 22.6 Å². The number of nitrogens with one attached hydrogen (secondary N) is 1. The van der Waals surface area contributed by atoms with Gasteiger partial charge in [-0.2, -0.15) is 13.2 Å². The number of aromatic nitrogens is 1. The van der Waals surface area contributed by atoms with E-state index in [4.69, 9.17) is 11.6 Å². The van der Waals surface area contributed by atoms with Crippen molar-refractivity contribution in [1.82, 2.24) is 4.98 Å². The van der Waals surface area contributed by atoms with Crippen molar-refractivity contribution in [2.75, 3.05) is 11.9 Å². The number of rotatable bonds is 3. The van der Waals surface area contributed by atoms with Crippen LogP contribution in [0.25, 0.3) is 10.9 Å². The fraction of sp³-hybridized carbons (Fsp3) is 0.357. The van der Waals surface area contributed by atoms with Gasteiger partial charge in [0.1, 0.15) is 5.69 Å². The number of benzene rings is 1. The molecular formula is C14H14ClF3N2. The van der Waals surface area contributed by atoms with Gasteiger partial charge in [-0.25, -0.2) is 4.98 Å². The van der Waals surface area contributed by atoms with Crippen LogP contribution in [0.4, 0.5) is 18.9 Å². The van der Waals surface area contributed by atoms with Crippen LogP contribution >= 0.6 is 11.6 Å². The average Bonchev–Trinajstić information content (AvgIpc) is 2.36. The summed E-state index contributed by atoms with van der Waals surface area (Å²) in [6.45, 7) is 3.96. The molecule has 2 aromatic rings. The summed E-state index contributed by atoms with van der Waals surface area (Å²) in [6.07, 6.45) is -3.66. The van der Waals surface area contributed by atoms with Gasteiger partial charge in [-0.3, -0.25) is 0 Å². The summed E-state index contributed by atoms with van der Waals surface area (Å²) in [5.41, 5.74) is -0.0238. The molecule has 0 radical (unpaired) electrons. The first-order valence-electron chi connectivity index (χ1n) is 6.25. The number of anilines is 1. The van der Waals surface area contributed by atoms with Crippen LogP contribution in [0, 0.1) is 6.92 Å². The summed E-state index contributed by atoms with van der Waals surface area (Å²) in [5, 5.41) is 4.12. The van der Waals surface area contributed by atoms with E-state index in [2.05, 4.69) is 10.3 Å². The highest BCUT2D eigenvalue weighted by molar-refractivity contribution is 6.31. The van der Waals surface area contributed by atoms with Crippen molar-refractivity contribution in [3.63, 3.8) is 0 Å². The first-order valence-corrected chi connectivity index (χ1v) is 6.63. The fourth-order valence-corrected chi connectivity index (χ4v) is 2.26. The van der Waals surface area contributed by atoms with Gasteiger partial charge < -0.3 is 5.32 Å². The Morgan fingerprint density at radius 3 is 2.60 bits per heavy atom. The third kappa shape index (κ3) is 2.82. The Labute approximate surface area is 120 Å². The van der Waals surface area contributed by atoms with Crippen LogP contribution in [0.2, 0.25) is 5.02 Å². The first-order chi connectivity index (χ1) is 9.34. The molecule has 1 heterocycles. The lowest BCUT2D eigenvalue weighted by Crippen LogP contribution is -2.13. The van der Waals surface area contributed by atoms with E-state index in [0.717, 1.165) is 6.42 Å². The number of nitrogens with zero attached hydrogens (tertiary/aromatic N) is 1. The summed E-state index contributed by atoms with van der Waals surface area (Å²) in [5.74, 6) is 0. The summed E-state index contributed by atoms with van der Waals surface area (Å²) < 4.78 is 39.1. The molecule has 6 heteroatoms. The van der Waals surface area contributed by atoms with Gasteiger partial charge in [0.25, 0.3) is 0 Å². The molecule has 0 fully saturated rings. The molecule has 20 heavy (non-hydrogen) atoms. The van der Waals surface area contributed by atoms with Crippen LogP contribution in [-0.2, 0) is 6.18 Å². The van der Waals surface area contributed by atoms with E-state index < -0.39 is 11.9 Å². The molecule has 0 atom stereocenters. The van der Waals surface area contributed by atoms with E-state index in [9.17, 15) is 13.2 Å². The largest absolute Gasteiger partial charge is 0.433 e. The molecule has 1 aromatic carbocycles. The van der Waals surface area contributed by atoms with Crippen molar-refractivity contribution in [2.45, 2.75) is 26.4 Å². The molecule has 0 aliphatic carbocycles. The zero-order valence-electron chi connectivity index (χ0n) is 11.1. The number of hydrogen-bond donors (Lipinski definition) is 1. The van der Waals surface area contributed by atoms with E-state index in [1.165, 1.54) is 19.1 Å². The molecule has 1 aromatic heterocycles. The van der Waals surface area contributed by atoms with Crippen LogP contribution in [0.3, 0.4) is 0 Å². The minimum Gasteiger partial charge on any atom is -0.384 e. The highest BCUT2D eigenvalue weighted by atomic mass is 35.5. The highest BCUT2D eigenvalue weighted by Crippen LogP contribution is 2.37. The topological polar surface area (TPSA) is 24.9 Å². The van der Waals surface area contributed by atoms with Gasteiger partial charge >= 0.3 is 6.18 Å². The number of fused-ring (bicyclic) bond motifs is 1. The molecule has 0 bridgehead atoms. The molecule has 0 unspecified atom stereocenters. The van der Waals surface area contributed by atoms with Gasteiger partial charge in [0.05, 0.1) is 5.52 Å². The second kappa shape index (κ2) is 5.48. The zero-order valence-corrected chi connectivity index (χ0v) is 11.9. The Hall–Kier alpha value is -1.49. The lowest BCUT2D eigenvalue weighted by atomic mass is 10.1. The van der Waals surface area contributed by atoms with E-state index in [1.54, 1.807) is 6.07 Å². The molecule has 0 aliphatic heterocycles. The van der Waals surface area contributed by atoms with Crippen LogP contribution in [0.15, 0.2) is 18.2 Å². The van der Waals surface area contributed by atoms with Crippen molar-refractivity contribution in [2.24, 2.45) is 0 Å². The van der Waals surface area contributed by atoms with E-state index in [-0.39, 0.29) is 11.1 Å². The molecule has 108 valence electrons. The van der Waals surface area contributed by atoms with Crippen molar-refractivity contribution < 1.29 is 13.2 Å². The molecular weight excluding hydrogens is 289 g/mol. The summed E-state index contributed by atoms with van der Waals surface area (Å²) in [7, 11) is 0. The predicted octanol–water partition coefficient (Wildman–Crippen LogP) is 5.04. The van der Waals surface area contributed by atoms with Crippen molar-refractivity contribution >= 4 is 28.2 Å². The van der Waals surface area contributed by atoms with Gasteiger partial charge in [0.15, 0.2) is 0 Å². The number of pyridine rings is 1. The lowest BCUT2D eigenvalue weighted by molar-refractivity contribution is -0.141. The Morgan fingerprint density at radius 1 is 1.30 bits per heavy atom. The van der Waals surface area contributed by atoms with Gasteiger partial charge in [-0.15, -0.1) is 0 Å². The average molecular weight is 303 g/mol. The maximum atomic E-state index is 13.0. The van der Waals surface area contributed by atoms with Crippen molar-refractivity contribution in [3.05, 3.63) is 34.5 Å². The minimum atomic E-state index is -4.47. The SMILES string of the molecule is CCCNc1c(C)c(C(F)(F)F)nc2ccc(Cl)cc12. The second-order valence-electron chi connectivity index (χ2n) is 4.55. The fourth-order valence-electron chi connectivity index (χ4n) is 2.08.